The number of hydrogen-bond donors (Lipinski definition) is 0. The Labute approximate surface area is 176 Å². The quantitative estimate of drug-likeness (QED) is 0.666. The number of nitrogens with zero attached hydrogens (tertiary/aromatic N) is 6. The van der Waals surface area contributed by atoms with Crippen LogP contribution < -0.4 is 4.90 Å². The molecule has 1 saturated heterocycles. The van der Waals surface area contributed by atoms with Crippen LogP contribution in [0.1, 0.15) is 40.6 Å². The highest BCUT2D eigenvalue weighted by molar-refractivity contribution is 5.92. The van der Waals surface area contributed by atoms with Gasteiger partial charge >= 0.3 is 0 Å². The van der Waals surface area contributed by atoms with E-state index in [1.807, 2.05) is 55.2 Å². The van der Waals surface area contributed by atoms with Crippen LogP contribution in [0, 0.1) is 6.92 Å². The Morgan fingerprint density at radius 2 is 1.87 bits per heavy atom. The van der Waals surface area contributed by atoms with Crippen molar-refractivity contribution in [2.75, 3.05) is 32.1 Å². The molecule has 0 radical (unpaired) electrons. The number of benzene rings is 1. The van der Waals surface area contributed by atoms with Crippen LogP contribution >= 0.6 is 0 Å². The molecule has 0 bridgehead atoms. The topological polar surface area (TPSA) is 75.1 Å². The van der Waals surface area contributed by atoms with Crippen LogP contribution in [0.15, 0.2) is 48.9 Å². The number of aromatic nitrogens is 4. The molecule has 7 nitrogen and oxygen atoms in total. The van der Waals surface area contributed by atoms with Gasteiger partial charge in [0.15, 0.2) is 0 Å². The standard InChI is InChI=1S/C23H26N6O/c1-16-12-25-20(14-24-16)22(30)29-11-7-10-18(15-29)21-19(17-8-5-4-6-9-17)13-26-23(27-21)28(2)3/h4-6,8-9,12-14,18H,7,10-11,15H2,1-3H3/t18-/m1/s1. The second-order valence-electron chi connectivity index (χ2n) is 7.86. The summed E-state index contributed by atoms with van der Waals surface area (Å²) in [4.78, 5) is 34.7. The predicted molar refractivity (Wildman–Crippen MR) is 116 cm³/mol. The molecule has 1 amide bonds. The Bertz CT molecular complexity index is 1020. The molecule has 1 aliphatic rings. The maximum Gasteiger partial charge on any atom is 0.274 e. The van der Waals surface area contributed by atoms with E-state index >= 15 is 0 Å². The van der Waals surface area contributed by atoms with Crippen LogP contribution in [-0.4, -0.2) is 57.9 Å². The van der Waals surface area contributed by atoms with E-state index in [-0.39, 0.29) is 11.8 Å². The average Bonchev–Trinajstić information content (AvgIpc) is 2.79. The number of anilines is 1. The molecule has 1 fully saturated rings. The minimum absolute atomic E-state index is 0.0737. The largest absolute Gasteiger partial charge is 0.347 e. The Kier molecular flexibility index (Phi) is 5.70. The van der Waals surface area contributed by atoms with Crippen LogP contribution in [0.4, 0.5) is 5.95 Å². The third kappa shape index (κ3) is 4.15. The number of amides is 1. The molecule has 2 aromatic heterocycles. The Balaban J connectivity index is 1.66. The normalized spacial score (nSPS) is 16.4. The summed E-state index contributed by atoms with van der Waals surface area (Å²) in [7, 11) is 3.88. The molecular weight excluding hydrogens is 376 g/mol. The number of piperidine rings is 1. The lowest BCUT2D eigenvalue weighted by molar-refractivity contribution is 0.0699. The zero-order chi connectivity index (χ0) is 21.1. The molecule has 3 heterocycles. The van der Waals surface area contributed by atoms with Crippen molar-refractivity contribution in [2.45, 2.75) is 25.7 Å². The highest BCUT2D eigenvalue weighted by Crippen LogP contribution is 2.34. The van der Waals surface area contributed by atoms with Crippen LogP contribution in [0.2, 0.25) is 0 Å². The van der Waals surface area contributed by atoms with Crippen molar-refractivity contribution < 1.29 is 4.79 Å². The number of rotatable bonds is 4. The fourth-order valence-electron chi connectivity index (χ4n) is 3.80. The number of carbonyl (C=O) groups is 1. The zero-order valence-electron chi connectivity index (χ0n) is 17.6. The Hall–Kier alpha value is -3.35. The van der Waals surface area contributed by atoms with E-state index in [9.17, 15) is 4.79 Å². The number of carbonyl (C=O) groups excluding carboxylic acids is 1. The SMILES string of the molecule is Cc1cnc(C(=O)N2CCC[C@@H](c3nc(N(C)C)ncc3-c3ccccc3)C2)cn1. The third-order valence-electron chi connectivity index (χ3n) is 5.39. The van der Waals surface area contributed by atoms with Gasteiger partial charge in [0.2, 0.25) is 5.95 Å². The summed E-state index contributed by atoms with van der Waals surface area (Å²) in [5.41, 5.74) is 4.29. The maximum atomic E-state index is 13.0. The van der Waals surface area contributed by atoms with Crippen molar-refractivity contribution >= 4 is 11.9 Å². The lowest BCUT2D eigenvalue weighted by Gasteiger charge is -2.33. The summed E-state index contributed by atoms with van der Waals surface area (Å²) in [5, 5.41) is 0. The minimum Gasteiger partial charge on any atom is -0.347 e. The molecule has 1 atom stereocenters. The Morgan fingerprint density at radius 3 is 2.57 bits per heavy atom. The van der Waals surface area contributed by atoms with Crippen molar-refractivity contribution in [3.05, 3.63) is 66.0 Å². The third-order valence-corrected chi connectivity index (χ3v) is 5.39. The summed E-state index contributed by atoms with van der Waals surface area (Å²) in [6, 6.07) is 10.2. The molecule has 0 unspecified atom stereocenters. The van der Waals surface area contributed by atoms with E-state index in [1.165, 1.54) is 0 Å². The van der Waals surface area contributed by atoms with Gasteiger partial charge in [-0.2, -0.15) is 0 Å². The maximum absolute atomic E-state index is 13.0. The summed E-state index contributed by atoms with van der Waals surface area (Å²) in [5.74, 6) is 0.742. The average molecular weight is 403 g/mol. The highest BCUT2D eigenvalue weighted by atomic mass is 16.2. The first-order valence-corrected chi connectivity index (χ1v) is 10.2. The van der Waals surface area contributed by atoms with Crippen LogP contribution in [0.5, 0.6) is 0 Å². The first-order chi connectivity index (χ1) is 14.5. The molecule has 3 aromatic rings. The second-order valence-corrected chi connectivity index (χ2v) is 7.86. The monoisotopic (exact) mass is 402 g/mol. The summed E-state index contributed by atoms with van der Waals surface area (Å²) in [6.07, 6.45) is 7.00. The van der Waals surface area contributed by atoms with Gasteiger partial charge < -0.3 is 9.80 Å². The molecule has 154 valence electrons. The van der Waals surface area contributed by atoms with Crippen LogP contribution in [0.25, 0.3) is 11.1 Å². The summed E-state index contributed by atoms with van der Waals surface area (Å²) >= 11 is 0. The molecule has 0 N–H and O–H groups in total. The van der Waals surface area contributed by atoms with Crippen molar-refractivity contribution in [1.82, 2.24) is 24.8 Å². The number of likely N-dealkylation sites (tertiary alicyclic amines) is 1. The van der Waals surface area contributed by atoms with Crippen molar-refractivity contribution in [2.24, 2.45) is 0 Å². The van der Waals surface area contributed by atoms with Crippen molar-refractivity contribution in [3.63, 3.8) is 0 Å². The van der Waals surface area contributed by atoms with Crippen molar-refractivity contribution in [3.8, 4) is 11.1 Å². The summed E-state index contributed by atoms with van der Waals surface area (Å²) < 4.78 is 0. The van der Waals surface area contributed by atoms with E-state index < -0.39 is 0 Å². The molecular formula is C23H26N6O. The van der Waals surface area contributed by atoms with E-state index in [4.69, 9.17) is 4.98 Å². The van der Waals surface area contributed by atoms with E-state index in [2.05, 4.69) is 27.1 Å². The van der Waals surface area contributed by atoms with Gasteiger partial charge in [-0.15, -0.1) is 0 Å². The summed E-state index contributed by atoms with van der Waals surface area (Å²) in [6.45, 7) is 3.19. The van der Waals surface area contributed by atoms with Gasteiger partial charge in [-0.25, -0.2) is 15.0 Å². The fraction of sp³-hybridized carbons (Fsp3) is 0.348. The number of aryl methyl sites for hydroxylation is 1. The minimum atomic E-state index is -0.0737. The number of hydrogen-bond acceptors (Lipinski definition) is 6. The molecule has 4 rings (SSSR count). The zero-order valence-corrected chi connectivity index (χ0v) is 17.6. The fourth-order valence-corrected chi connectivity index (χ4v) is 3.80. The van der Waals surface area contributed by atoms with Gasteiger partial charge in [0, 0.05) is 51.1 Å². The first-order valence-electron chi connectivity index (χ1n) is 10.2. The van der Waals surface area contributed by atoms with E-state index in [0.717, 1.165) is 41.9 Å². The van der Waals surface area contributed by atoms with E-state index in [0.29, 0.717) is 18.2 Å². The predicted octanol–water partition coefficient (Wildman–Crippen LogP) is 3.33. The van der Waals surface area contributed by atoms with Crippen LogP contribution in [0.3, 0.4) is 0 Å². The molecule has 7 heteroatoms. The molecule has 0 saturated carbocycles. The van der Waals surface area contributed by atoms with Gasteiger partial charge in [0.1, 0.15) is 5.69 Å². The first kappa shape index (κ1) is 19.9. The molecule has 0 spiro atoms. The van der Waals surface area contributed by atoms with E-state index in [1.54, 1.807) is 12.4 Å². The van der Waals surface area contributed by atoms with Crippen LogP contribution in [-0.2, 0) is 0 Å². The molecule has 0 aliphatic carbocycles. The van der Waals surface area contributed by atoms with Gasteiger partial charge in [0.05, 0.1) is 17.6 Å². The van der Waals surface area contributed by atoms with Gasteiger partial charge in [0.25, 0.3) is 5.91 Å². The van der Waals surface area contributed by atoms with Gasteiger partial charge in [-0.1, -0.05) is 30.3 Å². The van der Waals surface area contributed by atoms with Gasteiger partial charge in [-0.05, 0) is 25.3 Å². The van der Waals surface area contributed by atoms with Gasteiger partial charge in [-0.3, -0.25) is 9.78 Å². The molecule has 30 heavy (non-hydrogen) atoms. The van der Waals surface area contributed by atoms with Crippen molar-refractivity contribution in [1.29, 1.82) is 0 Å². The lowest BCUT2D eigenvalue weighted by atomic mass is 9.90. The highest BCUT2D eigenvalue weighted by Gasteiger charge is 2.29. The lowest BCUT2D eigenvalue weighted by Crippen LogP contribution is -2.40. The Morgan fingerprint density at radius 1 is 1.07 bits per heavy atom. The molecule has 1 aliphatic heterocycles. The molecule has 1 aromatic carbocycles. The second kappa shape index (κ2) is 8.57. The smallest absolute Gasteiger partial charge is 0.274 e.